The van der Waals surface area contributed by atoms with Crippen LogP contribution in [0.3, 0.4) is 0 Å². The van der Waals surface area contributed by atoms with Crippen molar-refractivity contribution < 1.29 is 14.3 Å². The molecule has 40 heavy (non-hydrogen) atoms. The maximum absolute atomic E-state index is 10.0. The Balaban J connectivity index is 0.000000406. The summed E-state index contributed by atoms with van der Waals surface area (Å²) in [6, 6.07) is 1.85. The number of aromatic nitrogens is 5. The molecule has 2 saturated heterocycles. The fourth-order valence-corrected chi connectivity index (χ4v) is 6.69. The van der Waals surface area contributed by atoms with Crippen molar-refractivity contribution in [1.29, 1.82) is 0 Å². The summed E-state index contributed by atoms with van der Waals surface area (Å²) in [5.41, 5.74) is 7.38. The summed E-state index contributed by atoms with van der Waals surface area (Å²) in [6.07, 6.45) is 4.67. The smallest absolute Gasteiger partial charge is 0.405 e. The van der Waals surface area contributed by atoms with Gasteiger partial charge in [0.25, 0.3) is 0 Å². The maximum atomic E-state index is 10.0. The molecule has 5 rings (SSSR count). The second-order valence-electron chi connectivity index (χ2n) is 10.7. The lowest BCUT2D eigenvalue weighted by Gasteiger charge is -2.38. The summed E-state index contributed by atoms with van der Waals surface area (Å²) in [5, 5.41) is 8.88. The van der Waals surface area contributed by atoms with Crippen LogP contribution in [0.5, 0.6) is 0 Å². The molecule has 1 amide bonds. The van der Waals surface area contributed by atoms with Crippen LogP contribution in [0.25, 0.3) is 22.4 Å². The number of nitrogens with two attached hydrogens (primary N) is 1. The standard InChI is InChI=1S/C20H23Cl2IN7OP.C5H11NO2/c1-2-24-17-13(21)12(3-7-25-17)14-15-18(30(28-14)32-23)27-19(16(22)26-15)29-8-4-20(5-9-29)6-10-31-11-20;1-5(2,3)8-4(6)7/h3,7,32H,2,4-6,8-11H2,1H3,(H,24,25);1-3H3,(H2,6,7). The molecule has 2 aliphatic heterocycles. The number of hydrogen-bond acceptors (Lipinski definition) is 9. The number of pyridine rings is 1. The highest BCUT2D eigenvalue weighted by Gasteiger charge is 2.39. The second-order valence-corrected chi connectivity index (χ2v) is 13.5. The molecule has 218 valence electrons. The Morgan fingerprint density at radius 3 is 2.55 bits per heavy atom. The summed E-state index contributed by atoms with van der Waals surface area (Å²) in [6.45, 7) is 11.6. The number of ether oxygens (including phenoxy) is 2. The third-order valence-corrected chi connectivity index (χ3v) is 9.21. The number of primary amides is 1. The molecule has 0 bridgehead atoms. The van der Waals surface area contributed by atoms with Crippen molar-refractivity contribution in [2.75, 3.05) is 43.1 Å². The number of anilines is 2. The molecule has 0 aromatic carbocycles. The van der Waals surface area contributed by atoms with Gasteiger partial charge in [-0.1, -0.05) is 23.2 Å². The van der Waals surface area contributed by atoms with Gasteiger partial charge in [0.1, 0.15) is 22.6 Å². The molecule has 3 aromatic rings. The van der Waals surface area contributed by atoms with E-state index in [1.54, 1.807) is 27.0 Å². The van der Waals surface area contributed by atoms with Crippen molar-refractivity contribution in [2.24, 2.45) is 11.1 Å². The van der Waals surface area contributed by atoms with Gasteiger partial charge in [-0.3, -0.25) is 0 Å². The molecule has 0 aliphatic carbocycles. The SMILES string of the molecule is CC(C)(C)OC(N)=O.CCNc1nccc(-c2nn(PI)c3nc(N4CCC5(CCOC5)CC4)c(Cl)nc23)c1Cl. The summed E-state index contributed by atoms with van der Waals surface area (Å²) in [5.74, 6) is 1.35. The lowest BCUT2D eigenvalue weighted by atomic mass is 9.78. The number of carbonyl (C=O) groups is 1. The Morgan fingerprint density at radius 2 is 2.00 bits per heavy atom. The van der Waals surface area contributed by atoms with E-state index < -0.39 is 11.7 Å². The van der Waals surface area contributed by atoms with Crippen LogP contribution in [0.4, 0.5) is 16.4 Å². The van der Waals surface area contributed by atoms with Crippen LogP contribution in [0, 0.1) is 5.41 Å². The molecular weight excluding hydrogens is 689 g/mol. The van der Waals surface area contributed by atoms with Crippen molar-refractivity contribution >= 4 is 80.5 Å². The highest BCUT2D eigenvalue weighted by Crippen LogP contribution is 2.42. The van der Waals surface area contributed by atoms with Gasteiger partial charge in [-0.25, -0.2) is 24.2 Å². The van der Waals surface area contributed by atoms with Crippen LogP contribution in [-0.2, 0) is 9.47 Å². The molecule has 0 saturated carbocycles. The van der Waals surface area contributed by atoms with Crippen molar-refractivity contribution in [1.82, 2.24) is 24.5 Å². The Morgan fingerprint density at radius 1 is 1.27 bits per heavy atom. The molecule has 5 heterocycles. The third kappa shape index (κ3) is 7.18. The number of nitrogens with one attached hydrogen (secondary N) is 1. The largest absolute Gasteiger partial charge is 0.444 e. The summed E-state index contributed by atoms with van der Waals surface area (Å²) >= 11 is 15.6. The van der Waals surface area contributed by atoms with Crippen molar-refractivity contribution in [3.05, 3.63) is 22.4 Å². The zero-order chi connectivity index (χ0) is 29.1. The van der Waals surface area contributed by atoms with E-state index in [2.05, 4.69) is 42.0 Å². The van der Waals surface area contributed by atoms with E-state index in [9.17, 15) is 4.79 Å². The van der Waals surface area contributed by atoms with Gasteiger partial charge < -0.3 is 25.4 Å². The number of amides is 1. The number of halogens is 3. The van der Waals surface area contributed by atoms with Crippen LogP contribution in [0.2, 0.25) is 10.2 Å². The van der Waals surface area contributed by atoms with Gasteiger partial charge in [0.15, 0.2) is 16.6 Å². The molecule has 0 radical (unpaired) electrons. The van der Waals surface area contributed by atoms with Gasteiger partial charge in [-0.2, -0.15) is 5.10 Å². The molecule has 2 fully saturated rings. The van der Waals surface area contributed by atoms with E-state index in [0.717, 1.165) is 69.1 Å². The summed E-state index contributed by atoms with van der Waals surface area (Å²) in [4.78, 5) is 26.3. The molecule has 11 nitrogen and oxygen atoms in total. The van der Waals surface area contributed by atoms with Gasteiger partial charge in [0.05, 0.1) is 18.0 Å². The van der Waals surface area contributed by atoms with Gasteiger partial charge >= 0.3 is 6.09 Å². The fraction of sp³-hybridized carbons (Fsp3) is 0.560. The third-order valence-electron chi connectivity index (χ3n) is 6.73. The zero-order valence-electron chi connectivity index (χ0n) is 22.9. The number of rotatable bonds is 5. The monoisotopic (exact) mass is 722 g/mol. The van der Waals surface area contributed by atoms with E-state index in [1.807, 2.05) is 17.4 Å². The van der Waals surface area contributed by atoms with Crippen molar-refractivity contribution in [2.45, 2.75) is 52.6 Å². The molecule has 15 heteroatoms. The lowest BCUT2D eigenvalue weighted by Crippen LogP contribution is -2.41. The molecule has 1 atom stereocenters. The van der Waals surface area contributed by atoms with Crippen LogP contribution < -0.4 is 16.0 Å². The van der Waals surface area contributed by atoms with E-state index in [1.165, 1.54) is 0 Å². The molecule has 3 aromatic heterocycles. The average molecular weight is 723 g/mol. The summed E-state index contributed by atoms with van der Waals surface area (Å²) < 4.78 is 12.1. The fourth-order valence-electron chi connectivity index (χ4n) is 4.80. The predicted octanol–water partition coefficient (Wildman–Crippen LogP) is 6.31. The molecule has 1 unspecified atom stereocenters. The molecule has 1 spiro atoms. The number of piperidine rings is 1. The minimum Gasteiger partial charge on any atom is -0.444 e. The first-order valence-electron chi connectivity index (χ1n) is 13.0. The predicted molar refractivity (Wildman–Crippen MR) is 170 cm³/mol. The lowest BCUT2D eigenvalue weighted by molar-refractivity contribution is 0.0600. The first kappa shape index (κ1) is 31.2. The quantitative estimate of drug-likeness (QED) is 0.230. The Kier molecular flexibility index (Phi) is 10.2. The molecule has 3 N–H and O–H groups in total. The molecule has 2 aliphatic rings. The van der Waals surface area contributed by atoms with Gasteiger partial charge in [-0.15, -0.1) is 0 Å². The van der Waals surface area contributed by atoms with E-state index in [4.69, 9.17) is 48.7 Å². The van der Waals surface area contributed by atoms with Crippen LogP contribution in [-0.4, -0.2) is 69.0 Å². The highest BCUT2D eigenvalue weighted by molar-refractivity contribution is 14.2. The second kappa shape index (κ2) is 13.1. The first-order chi connectivity index (χ1) is 19.0. The number of hydrogen-bond donors (Lipinski definition) is 2. The van der Waals surface area contributed by atoms with Crippen LogP contribution >= 0.6 is 51.6 Å². The maximum Gasteiger partial charge on any atom is 0.405 e. The van der Waals surface area contributed by atoms with E-state index in [-0.39, 0.29) is 0 Å². The van der Waals surface area contributed by atoms with Crippen LogP contribution in [0.1, 0.15) is 47.0 Å². The topological polar surface area (TPSA) is 133 Å². The number of nitrogens with zero attached hydrogens (tertiary/aromatic N) is 6. The Labute approximate surface area is 258 Å². The van der Waals surface area contributed by atoms with Crippen molar-refractivity contribution in [3.63, 3.8) is 0 Å². The van der Waals surface area contributed by atoms with E-state index >= 15 is 0 Å². The zero-order valence-corrected chi connectivity index (χ0v) is 27.6. The normalized spacial score (nSPS) is 16.9. The highest BCUT2D eigenvalue weighted by atomic mass is 127. The minimum atomic E-state index is -0.725. The van der Waals surface area contributed by atoms with Gasteiger partial charge in [0.2, 0.25) is 0 Å². The number of carbonyl (C=O) groups excluding carboxylic acids is 1. The van der Waals surface area contributed by atoms with Gasteiger partial charge in [-0.05, 0) is 80.5 Å². The summed E-state index contributed by atoms with van der Waals surface area (Å²) in [7, 11) is 0. The average Bonchev–Trinajstić information content (AvgIpc) is 3.49. The Bertz CT molecular complexity index is 1350. The molecular formula is C25H34Cl2IN8O3P. The van der Waals surface area contributed by atoms with Gasteiger partial charge in [0, 0.05) is 38.0 Å². The Hall–Kier alpha value is -1.73. The minimum absolute atomic E-state index is 0.321. The van der Waals surface area contributed by atoms with E-state index in [0.29, 0.717) is 39.0 Å². The van der Waals surface area contributed by atoms with Crippen molar-refractivity contribution in [3.8, 4) is 11.3 Å². The first-order valence-corrected chi connectivity index (χ1v) is 17.8. The number of fused-ring (bicyclic) bond motifs is 1. The van der Waals surface area contributed by atoms with Crippen LogP contribution in [0.15, 0.2) is 12.3 Å².